The number of furan rings is 1. The Hall–Kier alpha value is -4.13. The normalized spacial score (nSPS) is 16.1. The van der Waals surface area contributed by atoms with Gasteiger partial charge >= 0.3 is 6.03 Å². The van der Waals surface area contributed by atoms with Gasteiger partial charge in [-0.3, -0.25) is 4.79 Å². The molecule has 1 fully saturated rings. The summed E-state index contributed by atoms with van der Waals surface area (Å²) in [7, 11) is 0. The van der Waals surface area contributed by atoms with E-state index in [-0.39, 0.29) is 29.6 Å². The SMILES string of the molecule is O=C(c1cc2ccccc2o1)N1CCN(C(=O)Nc2ccc(F)cc2)C(c2ccccc2)C1. The summed E-state index contributed by atoms with van der Waals surface area (Å²) >= 11 is 0. The van der Waals surface area contributed by atoms with Gasteiger partial charge in [0.05, 0.1) is 6.04 Å². The van der Waals surface area contributed by atoms with Gasteiger partial charge in [0.15, 0.2) is 5.76 Å². The van der Waals surface area contributed by atoms with Crippen LogP contribution in [-0.2, 0) is 0 Å². The molecule has 0 spiro atoms. The van der Waals surface area contributed by atoms with Crippen molar-refractivity contribution in [3.8, 4) is 0 Å². The minimum Gasteiger partial charge on any atom is -0.451 e. The fourth-order valence-electron chi connectivity index (χ4n) is 4.14. The molecular weight excluding hydrogens is 421 g/mol. The molecule has 0 bridgehead atoms. The average molecular weight is 443 g/mol. The second kappa shape index (κ2) is 8.78. The van der Waals surface area contributed by atoms with Crippen molar-refractivity contribution in [1.82, 2.24) is 9.80 Å². The maximum Gasteiger partial charge on any atom is 0.322 e. The molecule has 2 heterocycles. The quantitative estimate of drug-likeness (QED) is 0.467. The maximum atomic E-state index is 13.2. The lowest BCUT2D eigenvalue weighted by Crippen LogP contribution is -2.53. The lowest BCUT2D eigenvalue weighted by Gasteiger charge is -2.41. The highest BCUT2D eigenvalue weighted by Gasteiger charge is 2.34. The van der Waals surface area contributed by atoms with Crippen LogP contribution in [0.15, 0.2) is 89.3 Å². The van der Waals surface area contributed by atoms with E-state index in [1.807, 2.05) is 54.6 Å². The monoisotopic (exact) mass is 443 g/mol. The third-order valence-electron chi connectivity index (χ3n) is 5.84. The zero-order valence-electron chi connectivity index (χ0n) is 17.8. The largest absolute Gasteiger partial charge is 0.451 e. The number of carbonyl (C=O) groups excluding carboxylic acids is 2. The molecule has 1 unspecified atom stereocenters. The second-order valence-corrected chi connectivity index (χ2v) is 7.96. The Morgan fingerprint density at radius 2 is 1.64 bits per heavy atom. The number of rotatable bonds is 3. The van der Waals surface area contributed by atoms with E-state index >= 15 is 0 Å². The van der Waals surface area contributed by atoms with Crippen LogP contribution in [0.4, 0.5) is 14.9 Å². The summed E-state index contributed by atoms with van der Waals surface area (Å²) in [4.78, 5) is 29.8. The smallest absolute Gasteiger partial charge is 0.322 e. The molecule has 1 N–H and O–H groups in total. The molecule has 3 aromatic carbocycles. The fourth-order valence-corrected chi connectivity index (χ4v) is 4.14. The first-order valence-electron chi connectivity index (χ1n) is 10.7. The number of hydrogen-bond donors (Lipinski definition) is 1. The first kappa shape index (κ1) is 20.8. The van der Waals surface area contributed by atoms with Crippen molar-refractivity contribution < 1.29 is 18.4 Å². The Balaban J connectivity index is 1.38. The molecule has 3 amide bonds. The van der Waals surface area contributed by atoms with Crippen molar-refractivity contribution in [2.75, 3.05) is 25.0 Å². The van der Waals surface area contributed by atoms with Crippen LogP contribution in [0.1, 0.15) is 22.2 Å². The summed E-state index contributed by atoms with van der Waals surface area (Å²) in [6, 6.07) is 23.9. The van der Waals surface area contributed by atoms with Crippen LogP contribution in [0.2, 0.25) is 0 Å². The molecule has 166 valence electrons. The first-order chi connectivity index (χ1) is 16.1. The van der Waals surface area contributed by atoms with Gasteiger partial charge in [-0.15, -0.1) is 0 Å². The van der Waals surface area contributed by atoms with Gasteiger partial charge in [0.25, 0.3) is 5.91 Å². The highest BCUT2D eigenvalue weighted by Crippen LogP contribution is 2.28. The molecule has 0 saturated carbocycles. The highest BCUT2D eigenvalue weighted by atomic mass is 19.1. The number of fused-ring (bicyclic) bond motifs is 1. The van der Waals surface area contributed by atoms with Gasteiger partial charge in [0, 0.05) is 30.7 Å². The lowest BCUT2D eigenvalue weighted by atomic mass is 10.0. The van der Waals surface area contributed by atoms with Crippen LogP contribution in [-0.4, -0.2) is 41.4 Å². The number of para-hydroxylation sites is 1. The van der Waals surface area contributed by atoms with Gasteiger partial charge in [-0.05, 0) is 42.0 Å². The summed E-state index contributed by atoms with van der Waals surface area (Å²) < 4.78 is 19.0. The number of urea groups is 1. The summed E-state index contributed by atoms with van der Waals surface area (Å²) in [5.74, 6) is -0.286. The molecule has 0 aliphatic carbocycles. The van der Waals surface area contributed by atoms with Crippen LogP contribution < -0.4 is 5.32 Å². The lowest BCUT2D eigenvalue weighted by molar-refractivity contribution is 0.0543. The molecule has 4 aromatic rings. The molecule has 5 rings (SSSR count). The van der Waals surface area contributed by atoms with Gasteiger partial charge in [0.1, 0.15) is 11.4 Å². The van der Waals surface area contributed by atoms with Crippen LogP contribution in [0, 0.1) is 5.82 Å². The van der Waals surface area contributed by atoms with Crippen LogP contribution in [0.25, 0.3) is 11.0 Å². The number of carbonyl (C=O) groups is 2. The van der Waals surface area contributed by atoms with Gasteiger partial charge in [-0.1, -0.05) is 48.5 Å². The van der Waals surface area contributed by atoms with E-state index in [0.29, 0.717) is 30.9 Å². The van der Waals surface area contributed by atoms with Gasteiger partial charge in [0.2, 0.25) is 0 Å². The topological polar surface area (TPSA) is 65.8 Å². The predicted molar refractivity (Wildman–Crippen MR) is 123 cm³/mol. The summed E-state index contributed by atoms with van der Waals surface area (Å²) in [6.45, 7) is 1.05. The van der Waals surface area contributed by atoms with Crippen LogP contribution >= 0.6 is 0 Å². The van der Waals surface area contributed by atoms with Crippen molar-refractivity contribution in [1.29, 1.82) is 0 Å². The number of anilines is 1. The molecule has 1 saturated heterocycles. The first-order valence-corrected chi connectivity index (χ1v) is 10.7. The van der Waals surface area contributed by atoms with E-state index < -0.39 is 0 Å². The molecular formula is C26H22FN3O3. The van der Waals surface area contributed by atoms with Gasteiger partial charge in [-0.25, -0.2) is 9.18 Å². The number of amides is 3. The van der Waals surface area contributed by atoms with E-state index in [1.54, 1.807) is 15.9 Å². The minimum atomic E-state index is -0.368. The van der Waals surface area contributed by atoms with E-state index in [2.05, 4.69) is 5.32 Å². The number of benzene rings is 3. The van der Waals surface area contributed by atoms with E-state index in [9.17, 15) is 14.0 Å². The Labute approximate surface area is 190 Å². The molecule has 33 heavy (non-hydrogen) atoms. The second-order valence-electron chi connectivity index (χ2n) is 7.96. The predicted octanol–water partition coefficient (Wildman–Crippen LogP) is 5.30. The number of halogens is 1. The van der Waals surface area contributed by atoms with Crippen molar-refractivity contribution in [2.45, 2.75) is 6.04 Å². The molecule has 6 nitrogen and oxygen atoms in total. The van der Waals surface area contributed by atoms with E-state index in [0.717, 1.165) is 10.9 Å². The number of hydrogen-bond acceptors (Lipinski definition) is 3. The summed E-state index contributed by atoms with van der Waals surface area (Å²) in [5.41, 5.74) is 2.10. The molecule has 7 heteroatoms. The summed E-state index contributed by atoms with van der Waals surface area (Å²) in [6.07, 6.45) is 0. The van der Waals surface area contributed by atoms with Crippen molar-refractivity contribution in [3.63, 3.8) is 0 Å². The van der Waals surface area contributed by atoms with Crippen molar-refractivity contribution in [2.24, 2.45) is 0 Å². The Bertz CT molecular complexity index is 1250. The Morgan fingerprint density at radius 3 is 2.39 bits per heavy atom. The molecule has 1 aliphatic rings. The zero-order valence-corrected chi connectivity index (χ0v) is 17.8. The molecule has 1 atom stereocenters. The third-order valence-corrected chi connectivity index (χ3v) is 5.84. The molecule has 1 aromatic heterocycles. The molecule has 1 aliphatic heterocycles. The van der Waals surface area contributed by atoms with Crippen LogP contribution in [0.5, 0.6) is 0 Å². The summed E-state index contributed by atoms with van der Waals surface area (Å²) in [5, 5.41) is 3.70. The van der Waals surface area contributed by atoms with E-state index in [4.69, 9.17) is 4.42 Å². The fraction of sp³-hybridized carbons (Fsp3) is 0.154. The average Bonchev–Trinajstić information content (AvgIpc) is 3.29. The van der Waals surface area contributed by atoms with E-state index in [1.165, 1.54) is 24.3 Å². The van der Waals surface area contributed by atoms with Crippen molar-refractivity contribution >= 4 is 28.6 Å². The number of piperazine rings is 1. The zero-order chi connectivity index (χ0) is 22.8. The Kier molecular flexibility index (Phi) is 5.52. The maximum absolute atomic E-state index is 13.2. The van der Waals surface area contributed by atoms with Crippen LogP contribution in [0.3, 0.4) is 0 Å². The van der Waals surface area contributed by atoms with Crippen molar-refractivity contribution in [3.05, 3.63) is 102 Å². The minimum absolute atomic E-state index is 0.203. The molecule has 0 radical (unpaired) electrons. The third kappa shape index (κ3) is 4.30. The Morgan fingerprint density at radius 1 is 0.909 bits per heavy atom. The standard InChI is InChI=1S/C26H22FN3O3/c27-20-10-12-21(13-11-20)28-26(32)30-15-14-29(17-22(30)18-6-2-1-3-7-18)25(31)24-16-19-8-4-5-9-23(19)33-24/h1-13,16,22H,14-15,17H2,(H,28,32). The van der Waals surface area contributed by atoms with Gasteiger partial charge < -0.3 is 19.5 Å². The highest BCUT2D eigenvalue weighted by molar-refractivity contribution is 5.96. The number of nitrogens with one attached hydrogen (secondary N) is 1. The number of nitrogens with zero attached hydrogens (tertiary/aromatic N) is 2. The van der Waals surface area contributed by atoms with Gasteiger partial charge in [-0.2, -0.15) is 0 Å².